The minimum Gasteiger partial charge on any atom is -0.477 e. The molecule has 17 heavy (non-hydrogen) atoms. The number of benzene rings is 1. The Hall–Kier alpha value is -2.15. The maximum absolute atomic E-state index is 10.8. The molecule has 8 heteroatoms. The largest absolute Gasteiger partial charge is 0.477 e. The number of hydrogen-bond acceptors (Lipinski definition) is 4. The highest BCUT2D eigenvalue weighted by Gasteiger charge is 2.22. The summed E-state index contributed by atoms with van der Waals surface area (Å²) in [7, 11) is 0. The molecule has 0 saturated heterocycles. The Kier molecular flexibility index (Phi) is 3.64. The number of rotatable bonds is 3. The molecule has 0 bridgehead atoms. The van der Waals surface area contributed by atoms with Crippen LogP contribution in [0.15, 0.2) is 12.1 Å². The molecule has 0 fully saturated rings. The number of nitro groups is 1. The lowest BCUT2D eigenvalue weighted by Crippen LogP contribution is -2.09. The van der Waals surface area contributed by atoms with Crippen molar-refractivity contribution in [3.8, 4) is 0 Å². The second-order valence-electron chi connectivity index (χ2n) is 3.09. The maximum atomic E-state index is 10.8. The first-order valence-corrected chi connectivity index (χ1v) is 4.69. The van der Waals surface area contributed by atoms with Crippen LogP contribution in [0.2, 0.25) is 5.02 Å². The van der Waals surface area contributed by atoms with Gasteiger partial charge in [0.05, 0.1) is 15.6 Å². The van der Waals surface area contributed by atoms with Crippen molar-refractivity contribution >= 4 is 34.9 Å². The summed E-state index contributed by atoms with van der Waals surface area (Å²) in [5, 5.41) is 21.6. The first-order valence-electron chi connectivity index (χ1n) is 4.31. The molecule has 1 amide bonds. The van der Waals surface area contributed by atoms with Crippen molar-refractivity contribution in [2.75, 3.05) is 5.32 Å². The Labute approximate surface area is 100 Å². The molecule has 0 aliphatic rings. The van der Waals surface area contributed by atoms with Gasteiger partial charge in [0.15, 0.2) is 0 Å². The summed E-state index contributed by atoms with van der Waals surface area (Å²) >= 11 is 5.68. The molecule has 0 spiro atoms. The molecule has 7 nitrogen and oxygen atoms in total. The SMILES string of the molecule is CC(=O)Nc1cc(C(=O)O)c([N+](=O)[O-])cc1Cl. The highest BCUT2D eigenvalue weighted by Crippen LogP contribution is 2.30. The summed E-state index contributed by atoms with van der Waals surface area (Å²) < 4.78 is 0. The summed E-state index contributed by atoms with van der Waals surface area (Å²) in [5.74, 6) is -1.93. The van der Waals surface area contributed by atoms with Gasteiger partial charge in [-0.25, -0.2) is 4.79 Å². The summed E-state index contributed by atoms with van der Waals surface area (Å²) in [6.45, 7) is 1.21. The van der Waals surface area contributed by atoms with Crippen LogP contribution in [0.4, 0.5) is 11.4 Å². The van der Waals surface area contributed by atoms with Gasteiger partial charge in [0.25, 0.3) is 5.69 Å². The van der Waals surface area contributed by atoms with Crippen LogP contribution < -0.4 is 5.32 Å². The molecule has 0 radical (unpaired) electrons. The number of hydrogen-bond donors (Lipinski definition) is 2. The second-order valence-corrected chi connectivity index (χ2v) is 3.50. The zero-order chi connectivity index (χ0) is 13.2. The molecule has 90 valence electrons. The van der Waals surface area contributed by atoms with Crippen molar-refractivity contribution in [1.29, 1.82) is 0 Å². The zero-order valence-electron chi connectivity index (χ0n) is 8.56. The fourth-order valence-electron chi connectivity index (χ4n) is 1.17. The van der Waals surface area contributed by atoms with E-state index in [1.807, 2.05) is 0 Å². The average molecular weight is 259 g/mol. The number of anilines is 1. The molecule has 2 N–H and O–H groups in total. The number of carbonyl (C=O) groups is 2. The standard InChI is InChI=1S/C9H7ClN2O5/c1-4(13)11-7-2-5(9(14)15)8(12(16)17)3-6(7)10/h2-3H,1H3,(H,11,13)(H,14,15). The molecule has 0 unspecified atom stereocenters. The fraction of sp³-hybridized carbons (Fsp3) is 0.111. The average Bonchev–Trinajstić information content (AvgIpc) is 2.19. The molecule has 1 aromatic carbocycles. The maximum Gasteiger partial charge on any atom is 0.342 e. The van der Waals surface area contributed by atoms with Gasteiger partial charge in [-0.3, -0.25) is 14.9 Å². The van der Waals surface area contributed by atoms with E-state index in [-0.39, 0.29) is 10.7 Å². The van der Waals surface area contributed by atoms with Crippen LogP contribution >= 0.6 is 11.6 Å². The fourth-order valence-corrected chi connectivity index (χ4v) is 1.38. The highest BCUT2D eigenvalue weighted by molar-refractivity contribution is 6.34. The van der Waals surface area contributed by atoms with Crippen LogP contribution in [-0.4, -0.2) is 21.9 Å². The Bertz CT molecular complexity index is 514. The number of nitrogens with zero attached hydrogens (tertiary/aromatic N) is 1. The van der Waals surface area contributed by atoms with E-state index in [0.717, 1.165) is 12.1 Å². The molecule has 0 saturated carbocycles. The van der Waals surface area contributed by atoms with E-state index in [1.54, 1.807) is 0 Å². The molecule has 0 aromatic heterocycles. The summed E-state index contributed by atoms with van der Waals surface area (Å²) in [4.78, 5) is 31.4. The second kappa shape index (κ2) is 4.79. The number of aromatic carboxylic acids is 1. The lowest BCUT2D eigenvalue weighted by atomic mass is 10.1. The first-order chi connectivity index (χ1) is 7.82. The van der Waals surface area contributed by atoms with E-state index in [2.05, 4.69) is 5.32 Å². The van der Waals surface area contributed by atoms with Gasteiger partial charge >= 0.3 is 5.97 Å². The predicted octanol–water partition coefficient (Wildman–Crippen LogP) is 1.90. The molecule has 0 aliphatic heterocycles. The summed E-state index contributed by atoms with van der Waals surface area (Å²) in [6, 6.07) is 1.83. The molecule has 0 atom stereocenters. The minimum absolute atomic E-state index is 0.0159. The topological polar surface area (TPSA) is 110 Å². The van der Waals surface area contributed by atoms with Crippen molar-refractivity contribution in [2.45, 2.75) is 6.92 Å². The smallest absolute Gasteiger partial charge is 0.342 e. The third-order valence-corrected chi connectivity index (χ3v) is 2.14. The van der Waals surface area contributed by atoms with E-state index in [0.29, 0.717) is 0 Å². The van der Waals surface area contributed by atoms with Crippen LogP contribution in [0.3, 0.4) is 0 Å². The van der Waals surface area contributed by atoms with Crippen LogP contribution in [0, 0.1) is 10.1 Å². The molecule has 1 rings (SSSR count). The molecule has 0 aliphatic carbocycles. The van der Waals surface area contributed by atoms with Gasteiger partial charge in [0, 0.05) is 13.0 Å². The number of nitrogens with one attached hydrogen (secondary N) is 1. The minimum atomic E-state index is -1.47. The molecular formula is C9H7ClN2O5. The summed E-state index contributed by atoms with van der Waals surface area (Å²) in [5.41, 5.74) is -1.15. The Morgan fingerprint density at radius 1 is 1.47 bits per heavy atom. The molecule has 0 heterocycles. The third-order valence-electron chi connectivity index (χ3n) is 1.82. The van der Waals surface area contributed by atoms with E-state index < -0.39 is 28.1 Å². The number of nitro benzene ring substituents is 1. The molecular weight excluding hydrogens is 252 g/mol. The predicted molar refractivity (Wildman–Crippen MR) is 59.4 cm³/mol. The van der Waals surface area contributed by atoms with Crippen molar-refractivity contribution in [1.82, 2.24) is 0 Å². The number of halogens is 1. The van der Waals surface area contributed by atoms with Gasteiger partial charge in [-0.05, 0) is 6.07 Å². The number of carboxylic acid groups (broad SMARTS) is 1. The molecule has 1 aromatic rings. The lowest BCUT2D eigenvalue weighted by Gasteiger charge is -2.06. The van der Waals surface area contributed by atoms with Gasteiger partial charge < -0.3 is 10.4 Å². The number of amides is 1. The van der Waals surface area contributed by atoms with Crippen LogP contribution in [0.5, 0.6) is 0 Å². The van der Waals surface area contributed by atoms with Gasteiger partial charge in [0.2, 0.25) is 5.91 Å². The summed E-state index contributed by atoms with van der Waals surface area (Å²) in [6.07, 6.45) is 0. The van der Waals surface area contributed by atoms with Crippen molar-refractivity contribution in [3.05, 3.63) is 32.8 Å². The van der Waals surface area contributed by atoms with Crippen LogP contribution in [0.25, 0.3) is 0 Å². The zero-order valence-corrected chi connectivity index (χ0v) is 9.32. The normalized spacial score (nSPS) is 9.76. The number of carboxylic acids is 1. The number of carbonyl (C=O) groups excluding carboxylic acids is 1. The van der Waals surface area contributed by atoms with E-state index in [1.165, 1.54) is 6.92 Å². The van der Waals surface area contributed by atoms with E-state index >= 15 is 0 Å². The van der Waals surface area contributed by atoms with Crippen molar-refractivity contribution in [3.63, 3.8) is 0 Å². The van der Waals surface area contributed by atoms with Gasteiger partial charge in [-0.1, -0.05) is 11.6 Å². The van der Waals surface area contributed by atoms with Crippen molar-refractivity contribution < 1.29 is 19.6 Å². The first kappa shape index (κ1) is 12.9. The van der Waals surface area contributed by atoms with E-state index in [9.17, 15) is 19.7 Å². The van der Waals surface area contributed by atoms with Crippen molar-refractivity contribution in [2.24, 2.45) is 0 Å². The monoisotopic (exact) mass is 258 g/mol. The lowest BCUT2D eigenvalue weighted by molar-refractivity contribution is -0.385. The Morgan fingerprint density at radius 2 is 2.06 bits per heavy atom. The van der Waals surface area contributed by atoms with Gasteiger partial charge in [-0.2, -0.15) is 0 Å². The third kappa shape index (κ3) is 2.91. The van der Waals surface area contributed by atoms with Crippen LogP contribution in [0.1, 0.15) is 17.3 Å². The Balaban J connectivity index is 3.39. The van der Waals surface area contributed by atoms with Crippen LogP contribution in [-0.2, 0) is 4.79 Å². The van der Waals surface area contributed by atoms with Gasteiger partial charge in [0.1, 0.15) is 5.56 Å². The van der Waals surface area contributed by atoms with Gasteiger partial charge in [-0.15, -0.1) is 0 Å². The Morgan fingerprint density at radius 3 is 2.47 bits per heavy atom. The quantitative estimate of drug-likeness (QED) is 0.635. The van der Waals surface area contributed by atoms with E-state index in [4.69, 9.17) is 16.7 Å². The highest BCUT2D eigenvalue weighted by atomic mass is 35.5.